The summed E-state index contributed by atoms with van der Waals surface area (Å²) in [5.74, 6) is -1.58. The molecule has 8 atom stereocenters. The second-order valence-corrected chi connectivity index (χ2v) is 7.37. The number of aromatic hydroxyl groups is 2. The Kier molecular flexibility index (Phi) is 9.97. The number of carbonyl (C=O) groups excluding carboxylic acids is 1. The van der Waals surface area contributed by atoms with E-state index in [0.717, 1.165) is 6.08 Å². The Morgan fingerprint density at radius 2 is 1.73 bits per heavy atom. The lowest BCUT2D eigenvalue weighted by atomic mass is 9.99. The average Bonchev–Trinajstić information content (AvgIpc) is 2.80. The maximum absolute atomic E-state index is 11.9. The summed E-state index contributed by atoms with van der Waals surface area (Å²) in [4.78, 5) is 11.9. The average molecular weight is 476 g/mol. The third-order valence-electron chi connectivity index (χ3n) is 4.88. The highest BCUT2D eigenvalue weighted by atomic mass is 16.7. The van der Waals surface area contributed by atoms with Crippen LogP contribution in [0.2, 0.25) is 0 Å². The molecule has 0 radical (unpaired) electrons. The molecule has 0 unspecified atom stereocenters. The van der Waals surface area contributed by atoms with Gasteiger partial charge in [0.15, 0.2) is 17.8 Å². The first-order valence-corrected chi connectivity index (χ1v) is 9.88. The molecular weight excluding hydrogens is 448 g/mol. The zero-order chi connectivity index (χ0) is 24.7. The fourth-order valence-corrected chi connectivity index (χ4v) is 2.87. The van der Waals surface area contributed by atoms with Gasteiger partial charge in [-0.2, -0.15) is 0 Å². The molecule has 1 aromatic carbocycles. The van der Waals surface area contributed by atoms with Crippen LogP contribution in [0.3, 0.4) is 0 Å². The Hall–Kier alpha value is -2.33. The highest BCUT2D eigenvalue weighted by Gasteiger charge is 2.45. The number of ether oxygens (including phenoxy) is 3. The molecule has 1 fully saturated rings. The standard InChI is InChI=1S/C20H28O13/c21-6-12(24)16(27)13(25)7-32-20-19(30)18(29)17(28)14(33-20)8-31-15(26)4-2-9-1-3-10(22)11(23)5-9/h1-5,12-14,16-25,27-30H,6-8H2/b4-2+/t12-,13-,14-,16+,17-,18+,19-,20-/m1/s1. The molecular formula is C20H28O13. The van der Waals surface area contributed by atoms with E-state index in [1.165, 1.54) is 24.3 Å². The van der Waals surface area contributed by atoms with Crippen LogP contribution in [0.1, 0.15) is 5.56 Å². The van der Waals surface area contributed by atoms with E-state index in [-0.39, 0.29) is 11.5 Å². The van der Waals surface area contributed by atoms with E-state index in [0.29, 0.717) is 5.56 Å². The minimum absolute atomic E-state index is 0.331. The third-order valence-corrected chi connectivity index (χ3v) is 4.88. The predicted octanol–water partition coefficient (Wildman–Crippen LogP) is -3.45. The summed E-state index contributed by atoms with van der Waals surface area (Å²) in [5, 5.41) is 86.3. The number of benzene rings is 1. The zero-order valence-corrected chi connectivity index (χ0v) is 17.3. The SMILES string of the molecule is O=C(/C=C/c1ccc(O)c(O)c1)OC[C@H]1O[C@@H](OC[C@@H](O)[C@@H](O)[C@H](O)CO)[C@H](O)[C@@H](O)[C@@H]1O. The first kappa shape index (κ1) is 26.9. The van der Waals surface area contributed by atoms with Crippen molar-refractivity contribution in [2.45, 2.75) is 49.0 Å². The van der Waals surface area contributed by atoms with Gasteiger partial charge in [0, 0.05) is 6.08 Å². The van der Waals surface area contributed by atoms with E-state index in [1.54, 1.807) is 0 Å². The molecule has 1 aliphatic heterocycles. The molecule has 13 nitrogen and oxygen atoms in total. The normalized spacial score (nSPS) is 28.4. The predicted molar refractivity (Wildman–Crippen MR) is 108 cm³/mol. The lowest BCUT2D eigenvalue weighted by Crippen LogP contribution is -2.60. The van der Waals surface area contributed by atoms with Crippen molar-refractivity contribution in [3.05, 3.63) is 29.8 Å². The Morgan fingerprint density at radius 1 is 1.03 bits per heavy atom. The van der Waals surface area contributed by atoms with Crippen molar-refractivity contribution in [3.8, 4) is 11.5 Å². The van der Waals surface area contributed by atoms with Crippen molar-refractivity contribution in [3.63, 3.8) is 0 Å². The fraction of sp³-hybridized carbons (Fsp3) is 0.550. The van der Waals surface area contributed by atoms with Crippen LogP contribution in [-0.4, -0.2) is 121 Å². The van der Waals surface area contributed by atoms with Crippen molar-refractivity contribution in [1.82, 2.24) is 0 Å². The van der Waals surface area contributed by atoms with Crippen molar-refractivity contribution in [2.24, 2.45) is 0 Å². The molecule has 0 aromatic heterocycles. The van der Waals surface area contributed by atoms with Crippen molar-refractivity contribution in [1.29, 1.82) is 0 Å². The van der Waals surface area contributed by atoms with Crippen LogP contribution >= 0.6 is 0 Å². The molecule has 1 aliphatic rings. The van der Waals surface area contributed by atoms with Crippen LogP contribution in [0.15, 0.2) is 24.3 Å². The van der Waals surface area contributed by atoms with E-state index < -0.39 is 74.8 Å². The van der Waals surface area contributed by atoms with Crippen molar-refractivity contribution < 1.29 is 65.0 Å². The molecule has 186 valence electrons. The molecule has 0 aliphatic carbocycles. The van der Waals surface area contributed by atoms with Gasteiger partial charge in [0.1, 0.15) is 49.3 Å². The van der Waals surface area contributed by atoms with Crippen LogP contribution in [0.4, 0.5) is 0 Å². The molecule has 0 amide bonds. The minimum atomic E-state index is -1.76. The molecule has 0 bridgehead atoms. The van der Waals surface area contributed by atoms with Crippen LogP contribution in [0.5, 0.6) is 11.5 Å². The van der Waals surface area contributed by atoms with Gasteiger partial charge in [-0.3, -0.25) is 0 Å². The van der Waals surface area contributed by atoms with E-state index in [4.69, 9.17) is 19.3 Å². The van der Waals surface area contributed by atoms with E-state index in [9.17, 15) is 45.6 Å². The van der Waals surface area contributed by atoms with Crippen LogP contribution in [0, 0.1) is 0 Å². The molecule has 2 rings (SSSR count). The topological polar surface area (TPSA) is 227 Å². The van der Waals surface area contributed by atoms with Gasteiger partial charge in [-0.25, -0.2) is 4.79 Å². The number of phenols is 2. The summed E-state index contributed by atoms with van der Waals surface area (Å²) >= 11 is 0. The molecule has 0 saturated carbocycles. The van der Waals surface area contributed by atoms with Gasteiger partial charge in [-0.1, -0.05) is 6.07 Å². The van der Waals surface area contributed by atoms with Crippen molar-refractivity contribution >= 4 is 12.0 Å². The zero-order valence-electron chi connectivity index (χ0n) is 17.3. The lowest BCUT2D eigenvalue weighted by Gasteiger charge is -2.40. The summed E-state index contributed by atoms with van der Waals surface area (Å²) in [7, 11) is 0. The van der Waals surface area contributed by atoms with Crippen molar-refractivity contribution in [2.75, 3.05) is 19.8 Å². The van der Waals surface area contributed by atoms with Crippen LogP contribution in [-0.2, 0) is 19.0 Å². The first-order chi connectivity index (χ1) is 15.5. The lowest BCUT2D eigenvalue weighted by molar-refractivity contribution is -0.307. The molecule has 33 heavy (non-hydrogen) atoms. The largest absolute Gasteiger partial charge is 0.504 e. The van der Waals surface area contributed by atoms with Gasteiger partial charge >= 0.3 is 5.97 Å². The number of esters is 1. The smallest absolute Gasteiger partial charge is 0.330 e. The van der Waals surface area contributed by atoms with E-state index in [1.807, 2.05) is 0 Å². The number of rotatable bonds is 10. The summed E-state index contributed by atoms with van der Waals surface area (Å²) in [6.45, 7) is -2.04. The number of hydrogen-bond acceptors (Lipinski definition) is 13. The number of aliphatic hydroxyl groups is 7. The van der Waals surface area contributed by atoms with Crippen LogP contribution < -0.4 is 0 Å². The molecule has 9 N–H and O–H groups in total. The second kappa shape index (κ2) is 12.2. The van der Waals surface area contributed by atoms with Gasteiger partial charge in [-0.15, -0.1) is 0 Å². The molecule has 1 aromatic rings. The molecule has 1 saturated heterocycles. The van der Waals surface area contributed by atoms with Gasteiger partial charge in [0.25, 0.3) is 0 Å². The van der Waals surface area contributed by atoms with Gasteiger partial charge in [0.05, 0.1) is 13.2 Å². The summed E-state index contributed by atoms with van der Waals surface area (Å²) in [6, 6.07) is 3.86. The van der Waals surface area contributed by atoms with E-state index >= 15 is 0 Å². The highest BCUT2D eigenvalue weighted by Crippen LogP contribution is 2.25. The van der Waals surface area contributed by atoms with Gasteiger partial charge in [-0.05, 0) is 23.8 Å². The maximum atomic E-state index is 11.9. The number of aliphatic hydroxyl groups excluding tert-OH is 7. The fourth-order valence-electron chi connectivity index (χ4n) is 2.87. The number of phenolic OH excluding ortho intramolecular Hbond substituents is 2. The third kappa shape index (κ3) is 7.33. The quantitative estimate of drug-likeness (QED) is 0.0910. The van der Waals surface area contributed by atoms with Crippen LogP contribution in [0.25, 0.3) is 6.08 Å². The maximum Gasteiger partial charge on any atom is 0.330 e. The summed E-state index contributed by atoms with van der Waals surface area (Å²) in [6.07, 6.45) is -10.9. The first-order valence-electron chi connectivity index (χ1n) is 9.88. The molecule has 13 heteroatoms. The monoisotopic (exact) mass is 476 g/mol. The number of hydrogen-bond donors (Lipinski definition) is 9. The van der Waals surface area contributed by atoms with Gasteiger partial charge in [0.2, 0.25) is 0 Å². The summed E-state index contributed by atoms with van der Waals surface area (Å²) in [5.41, 5.74) is 0.385. The molecule has 0 spiro atoms. The second-order valence-electron chi connectivity index (χ2n) is 7.37. The molecule has 1 heterocycles. The van der Waals surface area contributed by atoms with Gasteiger partial charge < -0.3 is 60.2 Å². The highest BCUT2D eigenvalue weighted by molar-refractivity contribution is 5.87. The Morgan fingerprint density at radius 3 is 2.36 bits per heavy atom. The Labute approximate surface area is 187 Å². The Bertz CT molecular complexity index is 800. The Balaban J connectivity index is 1.91. The summed E-state index contributed by atoms with van der Waals surface area (Å²) < 4.78 is 15.3. The van der Waals surface area contributed by atoms with E-state index in [2.05, 4.69) is 0 Å². The minimum Gasteiger partial charge on any atom is -0.504 e. The number of carbonyl (C=O) groups is 1.